The van der Waals surface area contributed by atoms with Crippen molar-refractivity contribution < 1.29 is 14.4 Å². The number of barbiturate groups is 1. The van der Waals surface area contributed by atoms with E-state index in [1.165, 1.54) is 65.1 Å². The number of carbonyl (C=O) groups excluding carboxylic acids is 3. The van der Waals surface area contributed by atoms with Gasteiger partial charge in [-0.05, 0) is 67.7 Å². The van der Waals surface area contributed by atoms with Crippen LogP contribution < -0.4 is 4.90 Å². The van der Waals surface area contributed by atoms with Gasteiger partial charge in [0.05, 0.1) is 5.69 Å². The minimum absolute atomic E-state index is 0.0482. The molecule has 0 bridgehead atoms. The molecule has 214 valence electrons. The molecule has 2 aliphatic heterocycles. The van der Waals surface area contributed by atoms with Gasteiger partial charge in [0, 0.05) is 46.1 Å². The number of hydrogen-bond donors (Lipinski definition) is 0. The monoisotopic (exact) mass is 589 g/mol. The first kappa shape index (κ1) is 27.8. The van der Waals surface area contributed by atoms with E-state index in [4.69, 9.17) is 0 Å². The summed E-state index contributed by atoms with van der Waals surface area (Å²) >= 11 is 3.03. The molecule has 1 saturated carbocycles. The van der Waals surface area contributed by atoms with Crippen molar-refractivity contribution in [2.75, 3.05) is 25.0 Å². The molecule has 2 aromatic heterocycles. The standard InChI is InChI=1S/C31H35N5O3S2/c1-3-4-8-14-35-15-13-20-16-21(11-12-25(20)35)32-33-28-19-27-26(41-28)18-23(40-27)17-24-29(37)34(2)31(39)36(30(24)38)22-9-6-5-7-10-22/h11-12,16-19,22H,3-10,13-15H2,1-2H3/b24-17+,33-32?. The maximum absolute atomic E-state index is 13.3. The molecule has 0 N–H and O–H groups in total. The number of hydrogen-bond acceptors (Lipinski definition) is 8. The van der Waals surface area contributed by atoms with Gasteiger partial charge in [-0.2, -0.15) is 0 Å². The fraction of sp³-hybridized carbons (Fsp3) is 0.452. The second kappa shape index (κ2) is 11.9. The molecule has 4 amide bonds. The SMILES string of the molecule is CCCCCN1CCc2cc(N=Nc3cc4sc(/C=C5\C(=O)N(C)C(=O)N(C6CCCCC6)C5=O)cc4s3)ccc21. The van der Waals surface area contributed by atoms with Crippen molar-refractivity contribution >= 4 is 72.4 Å². The van der Waals surface area contributed by atoms with Gasteiger partial charge in [-0.1, -0.05) is 39.0 Å². The van der Waals surface area contributed by atoms with Crippen molar-refractivity contribution in [3.63, 3.8) is 0 Å². The minimum atomic E-state index is -0.545. The van der Waals surface area contributed by atoms with Gasteiger partial charge in [0.1, 0.15) is 10.6 Å². The number of amides is 4. The van der Waals surface area contributed by atoms with Crippen LogP contribution in [0.3, 0.4) is 0 Å². The summed E-state index contributed by atoms with van der Waals surface area (Å²) in [7, 11) is 1.45. The number of thiophene rings is 2. The number of likely N-dealkylation sites (N-methyl/N-ethyl adjacent to an activating group) is 1. The Bertz CT molecular complexity index is 1520. The number of fused-ring (bicyclic) bond motifs is 2. The fourth-order valence-electron chi connectivity index (χ4n) is 6.04. The average Bonchev–Trinajstić information content (AvgIpc) is 3.67. The summed E-state index contributed by atoms with van der Waals surface area (Å²) in [6, 6.07) is 9.67. The van der Waals surface area contributed by atoms with Gasteiger partial charge in [-0.15, -0.1) is 32.9 Å². The zero-order valence-electron chi connectivity index (χ0n) is 23.6. The molecule has 1 aliphatic carbocycles. The summed E-state index contributed by atoms with van der Waals surface area (Å²) < 4.78 is 2.05. The van der Waals surface area contributed by atoms with Crippen LogP contribution in [0.1, 0.15) is 68.7 Å². The predicted molar refractivity (Wildman–Crippen MR) is 166 cm³/mol. The number of urea groups is 1. The lowest BCUT2D eigenvalue weighted by molar-refractivity contribution is -0.136. The second-order valence-electron chi connectivity index (χ2n) is 11.1. The molecule has 6 rings (SSSR count). The third kappa shape index (κ3) is 5.59. The van der Waals surface area contributed by atoms with Crippen LogP contribution in [0, 0.1) is 0 Å². The smallest absolute Gasteiger partial charge is 0.333 e. The number of nitrogens with zero attached hydrogens (tertiary/aromatic N) is 5. The highest BCUT2D eigenvalue weighted by Crippen LogP contribution is 2.40. The molecule has 8 nitrogen and oxygen atoms in total. The minimum Gasteiger partial charge on any atom is -0.371 e. The van der Waals surface area contributed by atoms with Crippen molar-refractivity contribution in [1.29, 1.82) is 0 Å². The molecular formula is C31H35N5O3S2. The summed E-state index contributed by atoms with van der Waals surface area (Å²) in [6.07, 6.45) is 11.1. The van der Waals surface area contributed by atoms with Crippen LogP contribution in [0.2, 0.25) is 0 Å². The molecule has 0 unspecified atom stereocenters. The molecular weight excluding hydrogens is 555 g/mol. The average molecular weight is 590 g/mol. The number of imide groups is 2. The second-order valence-corrected chi connectivity index (χ2v) is 13.3. The van der Waals surface area contributed by atoms with Gasteiger partial charge in [-0.25, -0.2) is 4.79 Å². The summed E-state index contributed by atoms with van der Waals surface area (Å²) in [4.78, 5) is 44.7. The third-order valence-corrected chi connectivity index (χ3v) is 10.4. The lowest BCUT2D eigenvalue weighted by Gasteiger charge is -2.38. The van der Waals surface area contributed by atoms with Crippen LogP contribution in [-0.2, 0) is 16.0 Å². The van der Waals surface area contributed by atoms with E-state index in [9.17, 15) is 14.4 Å². The maximum atomic E-state index is 13.3. The lowest BCUT2D eigenvalue weighted by Crippen LogP contribution is -2.58. The van der Waals surface area contributed by atoms with Crippen LogP contribution >= 0.6 is 22.7 Å². The predicted octanol–water partition coefficient (Wildman–Crippen LogP) is 8.07. The number of unbranched alkanes of at least 4 members (excludes halogenated alkanes) is 2. The Labute approximate surface area is 248 Å². The van der Waals surface area contributed by atoms with E-state index in [0.717, 1.165) is 81.5 Å². The van der Waals surface area contributed by atoms with E-state index in [1.54, 1.807) is 6.08 Å². The lowest BCUT2D eigenvalue weighted by atomic mass is 9.93. The van der Waals surface area contributed by atoms with E-state index < -0.39 is 17.8 Å². The van der Waals surface area contributed by atoms with Gasteiger partial charge < -0.3 is 4.90 Å². The molecule has 0 radical (unpaired) electrons. The molecule has 1 aromatic carbocycles. The van der Waals surface area contributed by atoms with E-state index >= 15 is 0 Å². The summed E-state index contributed by atoms with van der Waals surface area (Å²) in [6.45, 7) is 4.42. The molecule has 4 heterocycles. The summed E-state index contributed by atoms with van der Waals surface area (Å²) in [5.74, 6) is -1.02. The quantitative estimate of drug-likeness (QED) is 0.115. The van der Waals surface area contributed by atoms with Gasteiger partial charge in [0.15, 0.2) is 0 Å². The van der Waals surface area contributed by atoms with Crippen molar-refractivity contribution in [3.05, 3.63) is 46.3 Å². The van der Waals surface area contributed by atoms with Crippen LogP contribution in [0.5, 0.6) is 0 Å². The Morgan fingerprint density at radius 2 is 1.76 bits per heavy atom. The molecule has 3 aromatic rings. The Kier molecular flexibility index (Phi) is 8.03. The van der Waals surface area contributed by atoms with Crippen molar-refractivity contribution in [1.82, 2.24) is 9.80 Å². The largest absolute Gasteiger partial charge is 0.371 e. The number of carbonyl (C=O) groups is 3. The Morgan fingerprint density at radius 1 is 0.951 bits per heavy atom. The highest BCUT2D eigenvalue weighted by molar-refractivity contribution is 7.30. The molecule has 3 aliphatic rings. The molecule has 0 atom stereocenters. The number of azo groups is 1. The van der Waals surface area contributed by atoms with Crippen molar-refractivity contribution in [2.24, 2.45) is 10.2 Å². The Hall–Kier alpha value is -3.37. The first-order valence-corrected chi connectivity index (χ1v) is 16.3. The van der Waals surface area contributed by atoms with Crippen LogP contribution in [0.25, 0.3) is 15.5 Å². The van der Waals surface area contributed by atoms with Crippen molar-refractivity contribution in [2.45, 2.75) is 70.8 Å². The van der Waals surface area contributed by atoms with E-state index in [1.807, 2.05) is 18.2 Å². The van der Waals surface area contributed by atoms with Gasteiger partial charge in [0.2, 0.25) is 0 Å². The zero-order valence-corrected chi connectivity index (χ0v) is 25.2. The Balaban J connectivity index is 1.17. The van der Waals surface area contributed by atoms with Gasteiger partial charge in [-0.3, -0.25) is 19.4 Å². The number of rotatable bonds is 8. The number of benzene rings is 1. The zero-order chi connectivity index (χ0) is 28.5. The van der Waals surface area contributed by atoms with E-state index in [2.05, 4.69) is 34.2 Å². The third-order valence-electron chi connectivity index (χ3n) is 8.27. The highest BCUT2D eigenvalue weighted by atomic mass is 32.1. The number of anilines is 1. The summed E-state index contributed by atoms with van der Waals surface area (Å²) in [5.41, 5.74) is 3.57. The molecule has 1 saturated heterocycles. The van der Waals surface area contributed by atoms with E-state index in [-0.39, 0.29) is 11.6 Å². The van der Waals surface area contributed by atoms with Gasteiger partial charge >= 0.3 is 6.03 Å². The Morgan fingerprint density at radius 3 is 2.54 bits per heavy atom. The first-order valence-electron chi connectivity index (χ1n) is 14.6. The van der Waals surface area contributed by atoms with Crippen molar-refractivity contribution in [3.8, 4) is 0 Å². The summed E-state index contributed by atoms with van der Waals surface area (Å²) in [5, 5.41) is 9.82. The molecule has 2 fully saturated rings. The van der Waals surface area contributed by atoms with Crippen LogP contribution in [-0.4, -0.2) is 53.8 Å². The molecule has 0 spiro atoms. The molecule has 41 heavy (non-hydrogen) atoms. The van der Waals surface area contributed by atoms with Crippen LogP contribution in [0.15, 0.2) is 46.1 Å². The highest BCUT2D eigenvalue weighted by Gasteiger charge is 2.43. The normalized spacial score (nSPS) is 19.5. The topological polar surface area (TPSA) is 85.7 Å². The van der Waals surface area contributed by atoms with E-state index in [0.29, 0.717) is 0 Å². The molecule has 10 heteroatoms. The van der Waals surface area contributed by atoms with Gasteiger partial charge in [0.25, 0.3) is 11.8 Å². The fourth-order valence-corrected chi connectivity index (χ4v) is 8.20. The maximum Gasteiger partial charge on any atom is 0.333 e. The van der Waals surface area contributed by atoms with Crippen LogP contribution in [0.4, 0.5) is 21.2 Å². The first-order chi connectivity index (χ1) is 19.9.